The Morgan fingerprint density at radius 3 is 2.61 bits per heavy atom. The molecule has 1 atom stereocenters. The number of hydrogen-bond acceptors (Lipinski definition) is 7. The molecule has 3 aliphatic rings. The van der Waals surface area contributed by atoms with Crippen molar-refractivity contribution in [2.75, 3.05) is 40.3 Å². The number of nitrogens with zero attached hydrogens (tertiary/aromatic N) is 6. The highest BCUT2D eigenvalue weighted by Gasteiger charge is 2.48. The smallest absolute Gasteiger partial charge is 0.274 e. The number of piperidine rings is 1. The van der Waals surface area contributed by atoms with Crippen molar-refractivity contribution in [3.63, 3.8) is 0 Å². The van der Waals surface area contributed by atoms with Gasteiger partial charge in [-0.2, -0.15) is 0 Å². The van der Waals surface area contributed by atoms with Crippen molar-refractivity contribution in [2.45, 2.75) is 37.3 Å². The fraction of sp³-hybridized carbons (Fsp3) is 0.632. The zero-order valence-corrected chi connectivity index (χ0v) is 16.4. The van der Waals surface area contributed by atoms with E-state index in [4.69, 9.17) is 4.84 Å². The number of amides is 2. The molecule has 28 heavy (non-hydrogen) atoms. The largest absolute Gasteiger partial charge is 0.386 e. The maximum absolute atomic E-state index is 12.9. The normalized spacial score (nSPS) is 25.3. The van der Waals surface area contributed by atoms with Gasteiger partial charge in [0.15, 0.2) is 5.60 Å². The van der Waals surface area contributed by atoms with E-state index in [0.717, 1.165) is 25.9 Å². The summed E-state index contributed by atoms with van der Waals surface area (Å²) in [4.78, 5) is 45.0. The van der Waals surface area contributed by atoms with Crippen molar-refractivity contribution in [3.05, 3.63) is 24.3 Å². The highest BCUT2D eigenvalue weighted by molar-refractivity contribution is 6.39. The summed E-state index contributed by atoms with van der Waals surface area (Å²) in [6, 6.07) is 0.521. The van der Waals surface area contributed by atoms with Crippen LogP contribution in [-0.2, 0) is 9.63 Å². The molecule has 0 aliphatic carbocycles. The predicted molar refractivity (Wildman–Crippen MR) is 102 cm³/mol. The molecule has 1 aromatic heterocycles. The Morgan fingerprint density at radius 2 is 1.93 bits per heavy atom. The molecular formula is C19H26N6O3. The molecule has 2 saturated heterocycles. The number of carbonyl (C=O) groups excluding carboxylic acids is 2. The minimum atomic E-state index is -0.592. The van der Waals surface area contributed by atoms with Crippen molar-refractivity contribution >= 4 is 17.5 Å². The van der Waals surface area contributed by atoms with Gasteiger partial charge < -0.3 is 19.5 Å². The Hall–Kier alpha value is -2.55. The topological polar surface area (TPSA) is 91.2 Å². The Balaban J connectivity index is 1.34. The third-order valence-corrected chi connectivity index (χ3v) is 5.95. The van der Waals surface area contributed by atoms with Crippen LogP contribution in [-0.4, -0.2) is 94.1 Å². The van der Waals surface area contributed by atoms with E-state index in [9.17, 15) is 9.59 Å². The van der Waals surface area contributed by atoms with Gasteiger partial charge in [-0.25, -0.2) is 4.98 Å². The Morgan fingerprint density at radius 1 is 1.14 bits per heavy atom. The fourth-order valence-corrected chi connectivity index (χ4v) is 4.21. The molecule has 2 fully saturated rings. The summed E-state index contributed by atoms with van der Waals surface area (Å²) in [5.74, 6) is -0.202. The molecule has 4 rings (SSSR count). The van der Waals surface area contributed by atoms with Gasteiger partial charge in [-0.05, 0) is 26.9 Å². The Labute approximate surface area is 164 Å². The lowest BCUT2D eigenvalue weighted by Crippen LogP contribution is -2.47. The van der Waals surface area contributed by atoms with Gasteiger partial charge in [0, 0.05) is 50.9 Å². The molecular weight excluding hydrogens is 360 g/mol. The van der Waals surface area contributed by atoms with E-state index in [1.165, 1.54) is 18.6 Å². The third kappa shape index (κ3) is 3.58. The standard InChI is InChI=1S/C19H26N6O3/c1-23(2)14-3-8-24(9-4-14)17(26)15-11-19(28-22-15)5-10-25(13-19)18(27)16-12-20-6-7-21-16/h6-7,12,14H,3-5,8-11,13H2,1-2H3/t19-/m0/s1. The second-order valence-electron chi connectivity index (χ2n) is 8.04. The lowest BCUT2D eigenvalue weighted by atomic mass is 9.95. The highest BCUT2D eigenvalue weighted by atomic mass is 16.7. The van der Waals surface area contributed by atoms with Crippen LogP contribution in [0.25, 0.3) is 0 Å². The second kappa shape index (κ2) is 7.46. The third-order valence-electron chi connectivity index (χ3n) is 5.95. The molecule has 150 valence electrons. The summed E-state index contributed by atoms with van der Waals surface area (Å²) in [6.07, 6.45) is 7.55. The number of hydrogen-bond donors (Lipinski definition) is 0. The van der Waals surface area contributed by atoms with Crippen molar-refractivity contribution in [1.82, 2.24) is 24.7 Å². The molecule has 1 spiro atoms. The monoisotopic (exact) mass is 386 g/mol. The molecule has 9 heteroatoms. The van der Waals surface area contributed by atoms with Gasteiger partial charge in [-0.3, -0.25) is 14.6 Å². The first-order valence-corrected chi connectivity index (χ1v) is 9.73. The van der Waals surface area contributed by atoms with Crippen molar-refractivity contribution in [1.29, 1.82) is 0 Å². The Kier molecular flexibility index (Phi) is 5.01. The van der Waals surface area contributed by atoms with E-state index in [0.29, 0.717) is 43.4 Å². The molecule has 2 amide bonds. The van der Waals surface area contributed by atoms with Crippen LogP contribution in [0.4, 0.5) is 0 Å². The lowest BCUT2D eigenvalue weighted by Gasteiger charge is -2.35. The van der Waals surface area contributed by atoms with Crippen molar-refractivity contribution in [3.8, 4) is 0 Å². The summed E-state index contributed by atoms with van der Waals surface area (Å²) in [5.41, 5.74) is 0.195. The maximum Gasteiger partial charge on any atom is 0.274 e. The van der Waals surface area contributed by atoms with E-state index in [2.05, 4.69) is 34.1 Å². The van der Waals surface area contributed by atoms with Crippen molar-refractivity contribution < 1.29 is 14.4 Å². The SMILES string of the molecule is CN(C)C1CCN(C(=O)C2=NO[C@@]3(CCN(C(=O)c4cnccn4)C3)C2)CC1. The van der Waals surface area contributed by atoms with E-state index in [-0.39, 0.29) is 11.8 Å². The van der Waals surface area contributed by atoms with Crippen LogP contribution >= 0.6 is 0 Å². The quantitative estimate of drug-likeness (QED) is 0.746. The van der Waals surface area contributed by atoms with Gasteiger partial charge in [0.05, 0.1) is 12.7 Å². The molecule has 0 saturated carbocycles. The first-order valence-electron chi connectivity index (χ1n) is 9.73. The highest BCUT2D eigenvalue weighted by Crippen LogP contribution is 2.35. The van der Waals surface area contributed by atoms with Crippen LogP contribution in [0.5, 0.6) is 0 Å². The average Bonchev–Trinajstić information content (AvgIpc) is 3.34. The predicted octanol–water partition coefficient (Wildman–Crippen LogP) is 0.390. The zero-order valence-electron chi connectivity index (χ0n) is 16.4. The zero-order chi connectivity index (χ0) is 19.7. The molecule has 9 nitrogen and oxygen atoms in total. The minimum Gasteiger partial charge on any atom is -0.386 e. The van der Waals surface area contributed by atoms with Crippen LogP contribution in [0.2, 0.25) is 0 Å². The van der Waals surface area contributed by atoms with Gasteiger partial charge in [0.1, 0.15) is 11.4 Å². The van der Waals surface area contributed by atoms with Crippen LogP contribution in [0.1, 0.15) is 36.2 Å². The average molecular weight is 386 g/mol. The summed E-state index contributed by atoms with van der Waals surface area (Å²) in [5, 5.41) is 4.12. The minimum absolute atomic E-state index is 0.0345. The van der Waals surface area contributed by atoms with Gasteiger partial charge in [0.2, 0.25) is 0 Å². The van der Waals surface area contributed by atoms with E-state index >= 15 is 0 Å². The summed E-state index contributed by atoms with van der Waals surface area (Å²) in [7, 11) is 4.16. The number of likely N-dealkylation sites (tertiary alicyclic amines) is 2. The first-order chi connectivity index (χ1) is 13.5. The van der Waals surface area contributed by atoms with Gasteiger partial charge >= 0.3 is 0 Å². The van der Waals surface area contributed by atoms with Crippen molar-refractivity contribution in [2.24, 2.45) is 5.16 Å². The number of aromatic nitrogens is 2. The second-order valence-corrected chi connectivity index (χ2v) is 8.04. The lowest BCUT2D eigenvalue weighted by molar-refractivity contribution is -0.125. The van der Waals surface area contributed by atoms with Gasteiger partial charge in [0.25, 0.3) is 11.8 Å². The van der Waals surface area contributed by atoms with E-state index in [1.807, 2.05) is 4.90 Å². The number of oxime groups is 1. The first kappa shape index (κ1) is 18.8. The van der Waals surface area contributed by atoms with Crippen LogP contribution < -0.4 is 0 Å². The van der Waals surface area contributed by atoms with E-state index in [1.54, 1.807) is 4.90 Å². The summed E-state index contributed by atoms with van der Waals surface area (Å²) >= 11 is 0. The molecule has 1 aromatic rings. The summed E-state index contributed by atoms with van der Waals surface area (Å²) < 4.78 is 0. The number of carbonyl (C=O) groups is 2. The molecule has 4 heterocycles. The maximum atomic E-state index is 12.9. The van der Waals surface area contributed by atoms with Crippen LogP contribution in [0.3, 0.4) is 0 Å². The molecule has 0 unspecified atom stereocenters. The Bertz CT molecular complexity index is 775. The number of rotatable bonds is 3. The molecule has 0 radical (unpaired) electrons. The summed E-state index contributed by atoms with van der Waals surface area (Å²) in [6.45, 7) is 2.45. The van der Waals surface area contributed by atoms with Crippen LogP contribution in [0.15, 0.2) is 23.7 Å². The molecule has 0 N–H and O–H groups in total. The molecule has 3 aliphatic heterocycles. The fourth-order valence-electron chi connectivity index (χ4n) is 4.21. The molecule has 0 aromatic carbocycles. The van der Waals surface area contributed by atoms with E-state index < -0.39 is 5.60 Å². The van der Waals surface area contributed by atoms with Gasteiger partial charge in [-0.15, -0.1) is 0 Å². The molecule has 0 bridgehead atoms. The van der Waals surface area contributed by atoms with Gasteiger partial charge in [-0.1, -0.05) is 5.16 Å². The van der Waals surface area contributed by atoms with Crippen LogP contribution in [0, 0.1) is 0 Å².